The molecule has 1 aliphatic rings. The average Bonchev–Trinajstić information content (AvgIpc) is 2.84. The molecule has 0 aliphatic carbocycles. The third-order valence-corrected chi connectivity index (χ3v) is 5.04. The van der Waals surface area contributed by atoms with Gasteiger partial charge in [0.15, 0.2) is 0 Å². The molecule has 0 saturated carbocycles. The van der Waals surface area contributed by atoms with E-state index in [1.165, 1.54) is 22.6 Å². The van der Waals surface area contributed by atoms with Crippen molar-refractivity contribution in [2.75, 3.05) is 5.75 Å². The van der Waals surface area contributed by atoms with E-state index in [0.29, 0.717) is 10.6 Å². The largest absolute Gasteiger partial charge is 0.323 e. The summed E-state index contributed by atoms with van der Waals surface area (Å²) in [4.78, 5) is 1.26. The number of nitrogens with two attached hydrogens (primary N) is 1. The molecule has 2 unspecified atom stereocenters. The Morgan fingerprint density at radius 3 is 2.89 bits per heavy atom. The van der Waals surface area contributed by atoms with E-state index in [1.807, 2.05) is 12.1 Å². The molecule has 1 heterocycles. The number of benzene rings is 2. The van der Waals surface area contributed by atoms with E-state index >= 15 is 0 Å². The first-order valence-electron chi connectivity index (χ1n) is 6.09. The summed E-state index contributed by atoms with van der Waals surface area (Å²) < 4.78 is 13.4. The lowest BCUT2D eigenvalue weighted by Crippen LogP contribution is -2.20. The highest BCUT2D eigenvalue weighted by Crippen LogP contribution is 2.45. The van der Waals surface area contributed by atoms with Crippen LogP contribution in [0.2, 0.25) is 5.02 Å². The summed E-state index contributed by atoms with van der Waals surface area (Å²) in [5.74, 6) is 0.794. The van der Waals surface area contributed by atoms with Crippen LogP contribution in [0.3, 0.4) is 0 Å². The fourth-order valence-corrected chi connectivity index (χ4v) is 4.02. The highest BCUT2D eigenvalue weighted by molar-refractivity contribution is 7.99. The number of rotatable bonds is 2. The summed E-state index contributed by atoms with van der Waals surface area (Å²) in [5, 5.41) is 0.531. The second-order valence-corrected chi connectivity index (χ2v) is 6.12. The molecular weight excluding hydrogens is 281 g/mol. The van der Waals surface area contributed by atoms with Gasteiger partial charge in [-0.05, 0) is 35.4 Å². The van der Waals surface area contributed by atoms with Crippen molar-refractivity contribution in [2.24, 2.45) is 5.73 Å². The first-order chi connectivity index (χ1) is 9.16. The molecule has 2 atom stereocenters. The Kier molecular flexibility index (Phi) is 3.52. The van der Waals surface area contributed by atoms with Crippen molar-refractivity contribution < 1.29 is 4.39 Å². The maximum Gasteiger partial charge on any atom is 0.123 e. The summed E-state index contributed by atoms with van der Waals surface area (Å²) in [7, 11) is 0. The third-order valence-electron chi connectivity index (χ3n) is 3.49. The van der Waals surface area contributed by atoms with Crippen LogP contribution in [0.25, 0.3) is 0 Å². The minimum Gasteiger partial charge on any atom is -0.323 e. The highest BCUT2D eigenvalue weighted by Gasteiger charge is 2.30. The molecule has 2 N–H and O–H groups in total. The van der Waals surface area contributed by atoms with Crippen molar-refractivity contribution in [3.63, 3.8) is 0 Å². The van der Waals surface area contributed by atoms with Crippen molar-refractivity contribution in [2.45, 2.75) is 16.9 Å². The molecule has 0 saturated heterocycles. The van der Waals surface area contributed by atoms with Gasteiger partial charge < -0.3 is 5.73 Å². The number of halogens is 2. The van der Waals surface area contributed by atoms with Crippen LogP contribution in [-0.2, 0) is 0 Å². The minimum absolute atomic E-state index is 0.181. The SMILES string of the molecule is NC(c1cc(F)ccc1Cl)C1CSc2ccccc21. The Morgan fingerprint density at radius 2 is 2.05 bits per heavy atom. The lowest BCUT2D eigenvalue weighted by Gasteiger charge is -2.21. The summed E-state index contributed by atoms with van der Waals surface area (Å²) in [6, 6.07) is 12.3. The van der Waals surface area contributed by atoms with Crippen LogP contribution in [-0.4, -0.2) is 5.75 Å². The lowest BCUT2D eigenvalue weighted by molar-refractivity contribution is 0.589. The molecule has 0 aromatic heterocycles. The van der Waals surface area contributed by atoms with Crippen LogP contribution < -0.4 is 5.73 Å². The summed E-state index contributed by atoms with van der Waals surface area (Å²) in [6.07, 6.45) is 0. The zero-order chi connectivity index (χ0) is 13.4. The first kappa shape index (κ1) is 13.0. The van der Waals surface area contributed by atoms with Gasteiger partial charge in [-0.15, -0.1) is 11.8 Å². The number of fused-ring (bicyclic) bond motifs is 1. The molecule has 0 radical (unpaired) electrons. The van der Waals surface area contributed by atoms with E-state index in [-0.39, 0.29) is 17.8 Å². The Labute approximate surface area is 121 Å². The molecule has 19 heavy (non-hydrogen) atoms. The van der Waals surface area contributed by atoms with Crippen LogP contribution >= 0.6 is 23.4 Å². The van der Waals surface area contributed by atoms with Crippen LogP contribution in [0.15, 0.2) is 47.4 Å². The van der Waals surface area contributed by atoms with Crippen molar-refractivity contribution in [1.82, 2.24) is 0 Å². The molecule has 2 aromatic carbocycles. The van der Waals surface area contributed by atoms with Gasteiger partial charge in [-0.1, -0.05) is 29.8 Å². The fourth-order valence-electron chi connectivity index (χ4n) is 2.47. The monoisotopic (exact) mass is 293 g/mol. The zero-order valence-electron chi connectivity index (χ0n) is 10.1. The van der Waals surface area contributed by atoms with Crippen molar-refractivity contribution >= 4 is 23.4 Å². The standard InChI is InChI=1S/C15H13ClFNS/c16-13-6-5-9(17)7-11(13)15(18)12-8-19-14-4-2-1-3-10(12)14/h1-7,12,15H,8,18H2. The second kappa shape index (κ2) is 5.16. The van der Waals surface area contributed by atoms with Crippen molar-refractivity contribution in [3.8, 4) is 0 Å². The van der Waals surface area contributed by atoms with E-state index in [2.05, 4.69) is 12.1 Å². The molecule has 0 bridgehead atoms. The van der Waals surface area contributed by atoms with Crippen LogP contribution in [0.1, 0.15) is 23.1 Å². The molecule has 1 nitrogen and oxygen atoms in total. The molecule has 98 valence electrons. The Hall–Kier alpha value is -1.03. The van der Waals surface area contributed by atoms with Gasteiger partial charge >= 0.3 is 0 Å². The molecule has 0 amide bonds. The van der Waals surface area contributed by atoms with Gasteiger partial charge in [-0.3, -0.25) is 0 Å². The Balaban J connectivity index is 1.97. The van der Waals surface area contributed by atoms with E-state index < -0.39 is 0 Å². The van der Waals surface area contributed by atoms with E-state index in [9.17, 15) is 4.39 Å². The molecule has 0 spiro atoms. The molecule has 4 heteroatoms. The fraction of sp³-hybridized carbons (Fsp3) is 0.200. The molecule has 0 fully saturated rings. The van der Waals surface area contributed by atoms with Crippen LogP contribution in [0.5, 0.6) is 0 Å². The van der Waals surface area contributed by atoms with Crippen LogP contribution in [0.4, 0.5) is 4.39 Å². The van der Waals surface area contributed by atoms with Gasteiger partial charge in [-0.25, -0.2) is 4.39 Å². The smallest absolute Gasteiger partial charge is 0.123 e. The molecule has 2 aromatic rings. The topological polar surface area (TPSA) is 26.0 Å². The summed E-state index contributed by atoms with van der Waals surface area (Å²) >= 11 is 7.94. The van der Waals surface area contributed by atoms with Crippen molar-refractivity contribution in [1.29, 1.82) is 0 Å². The van der Waals surface area contributed by atoms with E-state index in [0.717, 1.165) is 5.75 Å². The van der Waals surface area contributed by atoms with E-state index in [4.69, 9.17) is 17.3 Å². The summed E-state index contributed by atoms with van der Waals surface area (Å²) in [5.41, 5.74) is 8.24. The maximum absolute atomic E-state index is 13.4. The van der Waals surface area contributed by atoms with Gasteiger partial charge in [0.2, 0.25) is 0 Å². The molecule has 3 rings (SSSR count). The maximum atomic E-state index is 13.4. The first-order valence-corrected chi connectivity index (χ1v) is 7.45. The number of thioether (sulfide) groups is 1. The van der Waals surface area contributed by atoms with Gasteiger partial charge in [-0.2, -0.15) is 0 Å². The van der Waals surface area contributed by atoms with E-state index in [1.54, 1.807) is 17.8 Å². The normalized spacial score (nSPS) is 19.2. The van der Waals surface area contributed by atoms with Gasteiger partial charge in [0.25, 0.3) is 0 Å². The number of hydrogen-bond acceptors (Lipinski definition) is 2. The molecular formula is C15H13ClFNS. The lowest BCUT2D eigenvalue weighted by atomic mass is 9.89. The van der Waals surface area contributed by atoms with Gasteiger partial charge in [0, 0.05) is 27.6 Å². The molecule has 1 aliphatic heterocycles. The predicted octanol–water partition coefficient (Wildman–Crippen LogP) is 4.37. The number of hydrogen-bond donors (Lipinski definition) is 1. The minimum atomic E-state index is -0.297. The Morgan fingerprint density at radius 1 is 1.26 bits per heavy atom. The third kappa shape index (κ3) is 2.38. The second-order valence-electron chi connectivity index (χ2n) is 4.65. The Bertz CT molecular complexity index is 617. The van der Waals surface area contributed by atoms with Crippen LogP contribution in [0, 0.1) is 5.82 Å². The zero-order valence-corrected chi connectivity index (χ0v) is 11.7. The van der Waals surface area contributed by atoms with Crippen molar-refractivity contribution in [3.05, 3.63) is 64.4 Å². The van der Waals surface area contributed by atoms with Gasteiger partial charge in [0.05, 0.1) is 0 Å². The summed E-state index contributed by atoms with van der Waals surface area (Å²) in [6.45, 7) is 0. The average molecular weight is 294 g/mol. The van der Waals surface area contributed by atoms with Gasteiger partial charge in [0.1, 0.15) is 5.82 Å². The highest BCUT2D eigenvalue weighted by atomic mass is 35.5. The predicted molar refractivity (Wildman–Crippen MR) is 78.2 cm³/mol. The quantitative estimate of drug-likeness (QED) is 0.890.